The van der Waals surface area contributed by atoms with Gasteiger partial charge in [-0.3, -0.25) is 0 Å². The van der Waals surface area contributed by atoms with Crippen molar-refractivity contribution >= 4 is 15.9 Å². The number of ether oxygens (including phenoxy) is 1. The lowest BCUT2D eigenvalue weighted by Crippen LogP contribution is -2.14. The fourth-order valence-corrected chi connectivity index (χ4v) is 4.60. The van der Waals surface area contributed by atoms with Crippen LogP contribution in [0, 0.1) is 17.8 Å². The molecule has 0 saturated heterocycles. The molecule has 2 fully saturated rings. The first-order chi connectivity index (χ1) is 9.67. The zero-order chi connectivity index (χ0) is 14.1. The Morgan fingerprint density at radius 1 is 1.35 bits per heavy atom. The lowest BCUT2D eigenvalue weighted by molar-refractivity contribution is 0.125. The van der Waals surface area contributed by atoms with Crippen molar-refractivity contribution < 1.29 is 9.84 Å². The predicted molar refractivity (Wildman–Crippen MR) is 83.8 cm³/mol. The second-order valence-electron chi connectivity index (χ2n) is 6.31. The second-order valence-corrected chi connectivity index (χ2v) is 7.16. The lowest BCUT2D eigenvalue weighted by Gasteiger charge is -2.24. The summed E-state index contributed by atoms with van der Waals surface area (Å²) < 4.78 is 6.45. The van der Waals surface area contributed by atoms with Crippen molar-refractivity contribution in [3.05, 3.63) is 28.2 Å². The van der Waals surface area contributed by atoms with Crippen LogP contribution in [0.4, 0.5) is 0 Å². The van der Waals surface area contributed by atoms with Gasteiger partial charge in [0.25, 0.3) is 0 Å². The van der Waals surface area contributed by atoms with Crippen molar-refractivity contribution in [3.63, 3.8) is 0 Å². The summed E-state index contributed by atoms with van der Waals surface area (Å²) in [6.45, 7) is 2.63. The third-order valence-corrected chi connectivity index (χ3v) is 5.67. The second kappa shape index (κ2) is 6.07. The Morgan fingerprint density at radius 3 is 2.80 bits per heavy atom. The van der Waals surface area contributed by atoms with Gasteiger partial charge in [-0.1, -0.05) is 12.5 Å². The van der Waals surface area contributed by atoms with Crippen LogP contribution < -0.4 is 4.74 Å². The third kappa shape index (κ3) is 2.89. The van der Waals surface area contributed by atoms with Gasteiger partial charge >= 0.3 is 0 Å². The fraction of sp³-hybridized carbons (Fsp3) is 0.647. The molecule has 0 heterocycles. The molecule has 20 heavy (non-hydrogen) atoms. The highest BCUT2D eigenvalue weighted by molar-refractivity contribution is 9.10. The number of hydrogen-bond acceptors (Lipinski definition) is 2. The predicted octanol–water partition coefficient (Wildman–Crippen LogP) is 4.71. The highest BCUT2D eigenvalue weighted by atomic mass is 79.9. The minimum Gasteiger partial charge on any atom is -0.493 e. The van der Waals surface area contributed by atoms with E-state index in [1.165, 1.54) is 25.7 Å². The highest BCUT2D eigenvalue weighted by Gasteiger charge is 2.40. The van der Waals surface area contributed by atoms with E-state index < -0.39 is 0 Å². The van der Waals surface area contributed by atoms with E-state index in [9.17, 15) is 5.11 Å². The van der Waals surface area contributed by atoms with Crippen molar-refractivity contribution in [2.75, 3.05) is 6.61 Å². The zero-order valence-corrected chi connectivity index (χ0v) is 13.6. The van der Waals surface area contributed by atoms with E-state index >= 15 is 0 Å². The number of fused-ring (bicyclic) bond motifs is 2. The first-order valence-electron chi connectivity index (χ1n) is 7.77. The van der Waals surface area contributed by atoms with Crippen LogP contribution >= 0.6 is 15.9 Å². The summed E-state index contributed by atoms with van der Waals surface area (Å²) in [6, 6.07) is 5.95. The third-order valence-electron chi connectivity index (χ3n) is 5.05. The van der Waals surface area contributed by atoms with E-state index in [-0.39, 0.29) is 6.10 Å². The summed E-state index contributed by atoms with van der Waals surface area (Å²) in [7, 11) is 0. The van der Waals surface area contributed by atoms with Gasteiger partial charge in [-0.05, 0) is 84.0 Å². The quantitative estimate of drug-likeness (QED) is 0.842. The molecule has 2 saturated carbocycles. The molecule has 1 N–H and O–H groups in total. The van der Waals surface area contributed by atoms with Crippen LogP contribution in [0.15, 0.2) is 22.7 Å². The first-order valence-corrected chi connectivity index (χ1v) is 8.57. The summed E-state index contributed by atoms with van der Waals surface area (Å²) in [4.78, 5) is 0. The van der Waals surface area contributed by atoms with Gasteiger partial charge < -0.3 is 9.84 Å². The van der Waals surface area contributed by atoms with Gasteiger partial charge in [0.1, 0.15) is 5.75 Å². The van der Waals surface area contributed by atoms with Crippen LogP contribution in [0.3, 0.4) is 0 Å². The number of aliphatic hydroxyl groups is 1. The van der Waals surface area contributed by atoms with Crippen molar-refractivity contribution in [1.29, 1.82) is 0 Å². The monoisotopic (exact) mass is 338 g/mol. The standard InChI is InChI=1S/C17H23BrO2/c1-2-20-17-6-5-13(9-15(17)18)16(19)10-14-8-11-3-4-12(14)7-11/h5-6,9,11-12,14,16,19H,2-4,7-8,10H2,1H3. The zero-order valence-electron chi connectivity index (χ0n) is 12.0. The van der Waals surface area contributed by atoms with Crippen molar-refractivity contribution in [2.45, 2.75) is 45.1 Å². The Morgan fingerprint density at radius 2 is 2.20 bits per heavy atom. The molecule has 2 nitrogen and oxygen atoms in total. The van der Waals surface area contributed by atoms with Crippen LogP contribution in [0.1, 0.15) is 50.7 Å². The summed E-state index contributed by atoms with van der Waals surface area (Å²) >= 11 is 3.53. The summed E-state index contributed by atoms with van der Waals surface area (Å²) in [5, 5.41) is 10.5. The maximum atomic E-state index is 10.5. The molecular weight excluding hydrogens is 316 g/mol. The molecule has 0 amide bonds. The number of halogens is 1. The Labute approximate surface area is 129 Å². The molecule has 0 aliphatic heterocycles. The molecule has 1 aromatic rings. The molecule has 110 valence electrons. The summed E-state index contributed by atoms with van der Waals surface area (Å²) in [6.07, 6.45) is 6.12. The summed E-state index contributed by atoms with van der Waals surface area (Å²) in [5.74, 6) is 3.41. The maximum Gasteiger partial charge on any atom is 0.133 e. The average molecular weight is 339 g/mol. The van der Waals surface area contributed by atoms with Gasteiger partial charge in [0.15, 0.2) is 0 Å². The van der Waals surface area contributed by atoms with Gasteiger partial charge in [0, 0.05) is 0 Å². The van der Waals surface area contributed by atoms with Crippen LogP contribution in [-0.4, -0.2) is 11.7 Å². The minimum atomic E-state index is -0.341. The lowest BCUT2D eigenvalue weighted by atomic mass is 9.83. The SMILES string of the molecule is CCOc1ccc(C(O)CC2CC3CCC2C3)cc1Br. The van der Waals surface area contributed by atoms with Gasteiger partial charge in [-0.2, -0.15) is 0 Å². The molecule has 1 aromatic carbocycles. The van der Waals surface area contributed by atoms with Crippen molar-refractivity contribution in [1.82, 2.24) is 0 Å². The normalized spacial score (nSPS) is 29.6. The van der Waals surface area contributed by atoms with E-state index in [0.29, 0.717) is 6.61 Å². The van der Waals surface area contributed by atoms with E-state index in [1.54, 1.807) is 0 Å². The van der Waals surface area contributed by atoms with Gasteiger partial charge in [-0.25, -0.2) is 0 Å². The average Bonchev–Trinajstić information content (AvgIpc) is 3.03. The van der Waals surface area contributed by atoms with E-state index in [2.05, 4.69) is 15.9 Å². The molecule has 4 unspecified atom stereocenters. The van der Waals surface area contributed by atoms with Gasteiger partial charge in [-0.15, -0.1) is 0 Å². The molecule has 0 radical (unpaired) electrons. The molecular formula is C17H23BrO2. The Hall–Kier alpha value is -0.540. The minimum absolute atomic E-state index is 0.341. The Balaban J connectivity index is 1.65. The van der Waals surface area contributed by atoms with Crippen molar-refractivity contribution in [3.8, 4) is 5.75 Å². The van der Waals surface area contributed by atoms with Crippen LogP contribution in [0.25, 0.3) is 0 Å². The molecule has 4 atom stereocenters. The molecule has 2 aliphatic carbocycles. The Bertz CT molecular complexity index is 474. The molecule has 2 bridgehead atoms. The van der Waals surface area contributed by atoms with Crippen molar-refractivity contribution in [2.24, 2.45) is 17.8 Å². The first kappa shape index (κ1) is 14.4. The topological polar surface area (TPSA) is 29.5 Å². The molecule has 3 heteroatoms. The highest BCUT2D eigenvalue weighted by Crippen LogP contribution is 2.51. The molecule has 0 aromatic heterocycles. The maximum absolute atomic E-state index is 10.5. The fourth-order valence-electron chi connectivity index (χ4n) is 4.08. The molecule has 3 rings (SSSR count). The Kier molecular flexibility index (Phi) is 4.37. The smallest absolute Gasteiger partial charge is 0.133 e. The number of benzene rings is 1. The van der Waals surface area contributed by atoms with E-state index in [4.69, 9.17) is 4.74 Å². The number of hydrogen-bond donors (Lipinski definition) is 1. The summed E-state index contributed by atoms with van der Waals surface area (Å²) in [5.41, 5.74) is 1.00. The number of rotatable bonds is 5. The van der Waals surface area contributed by atoms with Crippen LogP contribution in [-0.2, 0) is 0 Å². The van der Waals surface area contributed by atoms with Crippen LogP contribution in [0.5, 0.6) is 5.75 Å². The largest absolute Gasteiger partial charge is 0.493 e. The van der Waals surface area contributed by atoms with E-state index in [0.717, 1.165) is 40.0 Å². The van der Waals surface area contributed by atoms with Crippen LogP contribution in [0.2, 0.25) is 0 Å². The molecule has 0 spiro atoms. The van der Waals surface area contributed by atoms with Gasteiger partial charge in [0.2, 0.25) is 0 Å². The van der Waals surface area contributed by atoms with Gasteiger partial charge in [0.05, 0.1) is 17.2 Å². The molecule has 2 aliphatic rings. The van der Waals surface area contributed by atoms with E-state index in [1.807, 2.05) is 25.1 Å². The number of aliphatic hydroxyl groups excluding tert-OH is 1.